The Balaban J connectivity index is 2.11. The molecule has 1 aromatic heterocycles. The summed E-state index contributed by atoms with van der Waals surface area (Å²) < 4.78 is 26.4. The molecule has 0 bridgehead atoms. The molecule has 1 heterocycles. The Morgan fingerprint density at radius 3 is 2.43 bits per heavy atom. The first-order chi connectivity index (χ1) is 14.4. The highest BCUT2D eigenvalue weighted by Crippen LogP contribution is 2.32. The summed E-state index contributed by atoms with van der Waals surface area (Å²) in [5.41, 5.74) is 3.12. The minimum Gasteiger partial charge on any atom is -0.494 e. The van der Waals surface area contributed by atoms with Gasteiger partial charge in [-0.15, -0.1) is 0 Å². The Bertz CT molecular complexity index is 1080. The van der Waals surface area contributed by atoms with Crippen molar-refractivity contribution in [2.24, 2.45) is 0 Å². The van der Waals surface area contributed by atoms with E-state index in [0.29, 0.717) is 34.3 Å². The van der Waals surface area contributed by atoms with E-state index in [1.807, 2.05) is 26.0 Å². The number of carbonyl (C=O) groups is 2. The van der Waals surface area contributed by atoms with Crippen molar-refractivity contribution >= 4 is 22.8 Å². The number of benzene rings is 2. The van der Waals surface area contributed by atoms with Crippen molar-refractivity contribution < 1.29 is 23.5 Å². The van der Waals surface area contributed by atoms with Gasteiger partial charge in [0.2, 0.25) is 0 Å². The number of esters is 1. The maximum atomic E-state index is 14.5. The van der Waals surface area contributed by atoms with Gasteiger partial charge in [-0.3, -0.25) is 14.2 Å². The van der Waals surface area contributed by atoms with E-state index < -0.39 is 5.82 Å². The fourth-order valence-electron chi connectivity index (χ4n) is 3.47. The van der Waals surface area contributed by atoms with E-state index in [2.05, 4.69) is 0 Å². The Morgan fingerprint density at radius 2 is 1.80 bits per heavy atom. The van der Waals surface area contributed by atoms with Gasteiger partial charge in [0.05, 0.1) is 25.7 Å². The van der Waals surface area contributed by atoms with Crippen molar-refractivity contribution in [3.8, 4) is 5.75 Å². The number of aromatic nitrogens is 1. The van der Waals surface area contributed by atoms with Crippen LogP contribution in [0.2, 0.25) is 0 Å². The molecule has 0 aliphatic heterocycles. The van der Waals surface area contributed by atoms with Gasteiger partial charge < -0.3 is 9.47 Å². The quantitative estimate of drug-likeness (QED) is 0.406. The fourth-order valence-corrected chi connectivity index (χ4v) is 3.47. The number of unbranched alkanes of at least 4 members (excludes halogenated alkanes) is 1. The predicted octanol–water partition coefficient (Wildman–Crippen LogP) is 4.98. The molecule has 158 valence electrons. The fraction of sp³-hybridized carbons (Fsp3) is 0.333. The molecule has 0 saturated carbocycles. The first-order valence-corrected chi connectivity index (χ1v) is 10.0. The van der Waals surface area contributed by atoms with E-state index in [1.165, 1.54) is 23.8 Å². The Morgan fingerprint density at radius 1 is 1.10 bits per heavy atom. The molecule has 3 aromatic rings. The molecular formula is C24H26FNO4. The van der Waals surface area contributed by atoms with E-state index in [0.717, 1.165) is 18.4 Å². The van der Waals surface area contributed by atoms with Crippen LogP contribution in [0.1, 0.15) is 46.9 Å². The minimum atomic E-state index is -0.572. The molecule has 0 saturated heterocycles. The highest BCUT2D eigenvalue weighted by atomic mass is 19.1. The van der Waals surface area contributed by atoms with Crippen LogP contribution in [0.15, 0.2) is 36.4 Å². The molecule has 0 aliphatic carbocycles. The van der Waals surface area contributed by atoms with Crippen molar-refractivity contribution in [2.45, 2.75) is 40.0 Å². The third-order valence-corrected chi connectivity index (χ3v) is 5.19. The van der Waals surface area contributed by atoms with Crippen molar-refractivity contribution in [1.29, 1.82) is 0 Å². The van der Waals surface area contributed by atoms with Crippen LogP contribution in [0, 0.1) is 19.7 Å². The first kappa shape index (κ1) is 21.6. The molecule has 0 unspecified atom stereocenters. The molecule has 30 heavy (non-hydrogen) atoms. The molecule has 6 heteroatoms. The van der Waals surface area contributed by atoms with E-state index in [9.17, 15) is 14.0 Å². The van der Waals surface area contributed by atoms with Crippen molar-refractivity contribution in [3.05, 3.63) is 64.6 Å². The van der Waals surface area contributed by atoms with Crippen LogP contribution in [0.4, 0.5) is 4.39 Å². The summed E-state index contributed by atoms with van der Waals surface area (Å²) in [6.07, 6.45) is 1.71. The van der Waals surface area contributed by atoms with Crippen LogP contribution in [-0.2, 0) is 16.0 Å². The zero-order valence-electron chi connectivity index (χ0n) is 17.8. The van der Waals surface area contributed by atoms with Crippen molar-refractivity contribution in [3.63, 3.8) is 0 Å². The second kappa shape index (κ2) is 9.11. The molecule has 0 atom stereocenters. The highest BCUT2D eigenvalue weighted by molar-refractivity contribution is 6.05. The average molecular weight is 411 g/mol. The van der Waals surface area contributed by atoms with Gasteiger partial charge in [0.25, 0.3) is 5.91 Å². The number of hydrogen-bond acceptors (Lipinski definition) is 4. The molecule has 0 fully saturated rings. The minimum absolute atomic E-state index is 0.00495. The molecule has 5 nitrogen and oxygen atoms in total. The molecule has 0 N–H and O–H groups in total. The van der Waals surface area contributed by atoms with Crippen LogP contribution in [0.3, 0.4) is 0 Å². The predicted molar refractivity (Wildman–Crippen MR) is 114 cm³/mol. The molecule has 0 radical (unpaired) electrons. The van der Waals surface area contributed by atoms with Crippen LogP contribution in [0.5, 0.6) is 5.75 Å². The molecule has 2 aromatic carbocycles. The van der Waals surface area contributed by atoms with E-state index >= 15 is 0 Å². The Labute approximate surface area is 175 Å². The Kier molecular flexibility index (Phi) is 6.55. The molecule has 3 rings (SSSR count). The zero-order valence-corrected chi connectivity index (χ0v) is 17.8. The molecular weight excluding hydrogens is 385 g/mol. The third-order valence-electron chi connectivity index (χ3n) is 5.19. The number of fused-ring (bicyclic) bond motifs is 1. The van der Waals surface area contributed by atoms with Crippen LogP contribution in [0.25, 0.3) is 10.9 Å². The topological polar surface area (TPSA) is 57.5 Å². The highest BCUT2D eigenvalue weighted by Gasteiger charge is 2.23. The summed E-state index contributed by atoms with van der Waals surface area (Å²) in [4.78, 5) is 25.6. The van der Waals surface area contributed by atoms with E-state index in [4.69, 9.17) is 9.47 Å². The summed E-state index contributed by atoms with van der Waals surface area (Å²) in [6, 6.07) is 9.99. The number of ether oxygens (including phenoxy) is 2. The largest absolute Gasteiger partial charge is 0.494 e. The van der Waals surface area contributed by atoms with Crippen LogP contribution < -0.4 is 4.74 Å². The normalized spacial score (nSPS) is 11.0. The SMILES string of the molecule is CCCCOC(=O)Cc1c(C)n(C(=O)c2ccc(C)cc2)c2cc(F)c(OC)cc12. The number of halogens is 1. The lowest BCUT2D eigenvalue weighted by atomic mass is 10.1. The maximum absolute atomic E-state index is 14.5. The van der Waals surface area contributed by atoms with Gasteiger partial charge in [0, 0.05) is 22.7 Å². The van der Waals surface area contributed by atoms with Crippen LogP contribution in [-0.4, -0.2) is 30.2 Å². The van der Waals surface area contributed by atoms with Gasteiger partial charge in [-0.2, -0.15) is 0 Å². The lowest BCUT2D eigenvalue weighted by molar-refractivity contribution is -0.142. The van der Waals surface area contributed by atoms with Crippen molar-refractivity contribution in [1.82, 2.24) is 4.57 Å². The monoisotopic (exact) mass is 411 g/mol. The number of rotatable bonds is 7. The van der Waals surface area contributed by atoms with Crippen LogP contribution >= 0.6 is 0 Å². The summed E-state index contributed by atoms with van der Waals surface area (Å²) in [6.45, 7) is 6.07. The lowest BCUT2D eigenvalue weighted by Gasteiger charge is -2.09. The summed E-state index contributed by atoms with van der Waals surface area (Å²) in [5, 5.41) is 0.596. The number of hydrogen-bond donors (Lipinski definition) is 0. The third kappa shape index (κ3) is 4.22. The number of aryl methyl sites for hydroxylation is 1. The number of nitrogens with zero attached hydrogens (tertiary/aromatic N) is 1. The van der Waals surface area contributed by atoms with Gasteiger partial charge in [-0.25, -0.2) is 4.39 Å². The molecule has 0 spiro atoms. The second-order valence-corrected chi connectivity index (χ2v) is 7.33. The van der Waals surface area contributed by atoms with Gasteiger partial charge in [-0.1, -0.05) is 31.0 Å². The number of carbonyl (C=O) groups excluding carboxylic acids is 2. The summed E-state index contributed by atoms with van der Waals surface area (Å²) >= 11 is 0. The Hall–Kier alpha value is -3.15. The maximum Gasteiger partial charge on any atom is 0.310 e. The van der Waals surface area contributed by atoms with E-state index in [-0.39, 0.29) is 24.0 Å². The van der Waals surface area contributed by atoms with Gasteiger partial charge in [0.1, 0.15) is 0 Å². The molecule has 0 aliphatic rings. The summed E-state index contributed by atoms with van der Waals surface area (Å²) in [7, 11) is 1.38. The average Bonchev–Trinajstić information content (AvgIpc) is 2.98. The smallest absolute Gasteiger partial charge is 0.310 e. The molecule has 0 amide bonds. The van der Waals surface area contributed by atoms with E-state index in [1.54, 1.807) is 19.1 Å². The van der Waals surface area contributed by atoms with Gasteiger partial charge in [0.15, 0.2) is 11.6 Å². The van der Waals surface area contributed by atoms with Crippen molar-refractivity contribution in [2.75, 3.05) is 13.7 Å². The summed E-state index contributed by atoms with van der Waals surface area (Å²) in [5.74, 6) is -1.18. The number of methoxy groups -OCH3 is 1. The van der Waals surface area contributed by atoms with Gasteiger partial charge >= 0.3 is 5.97 Å². The standard InChI is InChI=1S/C24H26FNO4/c1-5-6-11-30-23(27)13-18-16(3)26(24(28)17-9-7-15(2)8-10-17)21-14-20(25)22(29-4)12-19(18)21/h7-10,12,14H,5-6,11,13H2,1-4H3. The van der Waals surface area contributed by atoms with Gasteiger partial charge in [-0.05, 0) is 44.0 Å². The lowest BCUT2D eigenvalue weighted by Crippen LogP contribution is -2.15. The second-order valence-electron chi connectivity index (χ2n) is 7.33. The first-order valence-electron chi connectivity index (χ1n) is 10.0. The zero-order chi connectivity index (χ0) is 21.8.